The van der Waals surface area contributed by atoms with E-state index in [9.17, 15) is 30.6 Å². The Labute approximate surface area is 289 Å². The molecule has 1 aliphatic heterocycles. The number of phenols is 1. The van der Waals surface area contributed by atoms with Crippen molar-refractivity contribution in [2.24, 2.45) is 29.4 Å². The summed E-state index contributed by atoms with van der Waals surface area (Å²) in [6.45, 7) is 0.436. The highest BCUT2D eigenvalue weighted by atomic mass is 16.5. The van der Waals surface area contributed by atoms with Crippen molar-refractivity contribution in [3.8, 4) is 23.3 Å². The molecular weight excluding hydrogens is 622 g/mol. The molecule has 2 heterocycles. The lowest BCUT2D eigenvalue weighted by Crippen LogP contribution is -2.37. The molecule has 1 aromatic carbocycles. The molecule has 266 valence electrons. The van der Waals surface area contributed by atoms with E-state index in [4.69, 9.17) is 10.5 Å². The molecule has 10 heteroatoms. The zero-order valence-corrected chi connectivity index (χ0v) is 28.1. The molecule has 5 rings (SSSR count). The van der Waals surface area contributed by atoms with Crippen molar-refractivity contribution in [3.05, 3.63) is 83.5 Å². The monoisotopic (exact) mass is 675 g/mol. The zero-order chi connectivity index (χ0) is 34.8. The second kappa shape index (κ2) is 17.8. The molecule has 0 saturated heterocycles. The van der Waals surface area contributed by atoms with Gasteiger partial charge in [0.1, 0.15) is 6.10 Å². The maximum atomic E-state index is 11.5. The van der Waals surface area contributed by atoms with Gasteiger partial charge in [0.15, 0.2) is 11.5 Å². The molecule has 2 aromatic rings. The van der Waals surface area contributed by atoms with E-state index >= 15 is 0 Å². The van der Waals surface area contributed by atoms with Crippen molar-refractivity contribution >= 4 is 0 Å². The first-order valence-electron chi connectivity index (χ1n) is 17.7. The van der Waals surface area contributed by atoms with Crippen LogP contribution in [-0.2, 0) is 6.42 Å². The van der Waals surface area contributed by atoms with Gasteiger partial charge in [0.05, 0.1) is 24.1 Å². The Morgan fingerprint density at radius 3 is 2.61 bits per heavy atom. The Kier molecular flexibility index (Phi) is 13.3. The third kappa shape index (κ3) is 9.93. The number of benzene rings is 1. The van der Waals surface area contributed by atoms with Gasteiger partial charge in [0.2, 0.25) is 0 Å². The number of fused-ring (bicyclic) bond motifs is 1. The number of allylic oxidation sites excluding steroid dienone is 4. The average Bonchev–Trinajstić information content (AvgIpc) is 3.54. The van der Waals surface area contributed by atoms with Crippen LogP contribution >= 0.6 is 0 Å². The van der Waals surface area contributed by atoms with Gasteiger partial charge in [0, 0.05) is 61.7 Å². The van der Waals surface area contributed by atoms with Gasteiger partial charge in [-0.1, -0.05) is 49.0 Å². The highest BCUT2D eigenvalue weighted by Gasteiger charge is 2.36. The van der Waals surface area contributed by atoms with Crippen molar-refractivity contribution in [1.82, 2.24) is 10.3 Å². The van der Waals surface area contributed by atoms with Crippen molar-refractivity contribution in [2.45, 2.75) is 88.1 Å². The smallest absolute Gasteiger partial charge is 0.161 e. The molecule has 9 unspecified atom stereocenters. The summed E-state index contributed by atoms with van der Waals surface area (Å²) in [7, 11) is 0. The van der Waals surface area contributed by atoms with Crippen LogP contribution in [0.3, 0.4) is 0 Å². The third-order valence-corrected chi connectivity index (χ3v) is 10.2. The minimum absolute atomic E-state index is 0.0776. The number of aliphatic hydroxyl groups is 5. The van der Waals surface area contributed by atoms with Crippen molar-refractivity contribution in [2.75, 3.05) is 19.8 Å². The SMILES string of the molecule is NC1=CC(C(Cc2ccc[nH]2)CC(Oc2cc(C3C=CC4C#CC(CCO)CCCCC(O)C4C(O)C3)ccc2O)C(O)CCO)=CCN1. The normalized spacial score (nSPS) is 27.5. The first-order valence-corrected chi connectivity index (χ1v) is 17.7. The number of aromatic nitrogens is 1. The number of phenolic OH excluding ortho intramolecular Hbond substituents is 1. The Morgan fingerprint density at radius 1 is 1.02 bits per heavy atom. The predicted octanol–water partition coefficient (Wildman–Crippen LogP) is 3.36. The van der Waals surface area contributed by atoms with Crippen molar-refractivity contribution < 1.29 is 35.4 Å². The molecule has 0 spiro atoms. The summed E-state index contributed by atoms with van der Waals surface area (Å²) >= 11 is 0. The number of aliphatic hydroxyl groups excluding tert-OH is 5. The van der Waals surface area contributed by atoms with Crippen LogP contribution in [0.25, 0.3) is 0 Å². The van der Waals surface area contributed by atoms with Gasteiger partial charge in [-0.3, -0.25) is 0 Å². The Morgan fingerprint density at radius 2 is 1.86 bits per heavy atom. The summed E-state index contributed by atoms with van der Waals surface area (Å²) in [5.74, 6) is 6.30. The van der Waals surface area contributed by atoms with Gasteiger partial charge in [-0.15, -0.1) is 0 Å². The van der Waals surface area contributed by atoms with Crippen LogP contribution in [-0.4, -0.2) is 79.8 Å². The first-order chi connectivity index (χ1) is 23.7. The highest BCUT2D eigenvalue weighted by molar-refractivity contribution is 5.44. The van der Waals surface area contributed by atoms with Gasteiger partial charge < -0.3 is 51.4 Å². The fourth-order valence-corrected chi connectivity index (χ4v) is 7.46. The number of hydrogen-bond donors (Lipinski definition) is 9. The van der Waals surface area contributed by atoms with E-state index in [1.54, 1.807) is 18.2 Å². The van der Waals surface area contributed by atoms with Crippen LogP contribution in [0.5, 0.6) is 11.5 Å². The number of dihydropyridines is 1. The van der Waals surface area contributed by atoms with E-state index < -0.39 is 30.3 Å². The van der Waals surface area contributed by atoms with Crippen LogP contribution in [0.1, 0.15) is 68.5 Å². The largest absolute Gasteiger partial charge is 0.504 e. The van der Waals surface area contributed by atoms with Crippen molar-refractivity contribution in [3.63, 3.8) is 0 Å². The topological polar surface area (TPSA) is 184 Å². The molecule has 0 radical (unpaired) electrons. The Hall–Kier alpha value is -3.72. The standard InChI is InChI=1S/C39H53N3O7/c40-38-24-29(13-17-42-38)30(20-31-5-3-16-41-31)23-37(33(46)15-19-44)49-36-22-28(11-12-32(36)45)27-10-9-26-8-7-25(14-18-43)4-1-2-6-34(47)39(26)35(48)21-27/h3,5,9-13,16,22,24-27,30,33-35,37,39,41-48H,1-2,4,6,14-15,17-21,23,40H2. The van der Waals surface area contributed by atoms with Crippen LogP contribution < -0.4 is 15.8 Å². The second-order valence-electron chi connectivity index (χ2n) is 13.7. The summed E-state index contributed by atoms with van der Waals surface area (Å²) in [5.41, 5.74) is 8.96. The molecule has 3 aliphatic rings. The van der Waals surface area contributed by atoms with Gasteiger partial charge in [0.25, 0.3) is 0 Å². The molecule has 0 saturated carbocycles. The Bertz CT molecular complexity index is 1490. The van der Waals surface area contributed by atoms with E-state index in [0.29, 0.717) is 44.5 Å². The number of aromatic amines is 1. The minimum atomic E-state index is -1.01. The Balaban J connectivity index is 1.41. The molecule has 49 heavy (non-hydrogen) atoms. The third-order valence-electron chi connectivity index (χ3n) is 10.2. The average molecular weight is 676 g/mol. The van der Waals surface area contributed by atoms with E-state index in [1.165, 1.54) is 0 Å². The number of hydrogen-bond acceptors (Lipinski definition) is 9. The summed E-state index contributed by atoms with van der Waals surface area (Å²) < 4.78 is 6.44. The minimum Gasteiger partial charge on any atom is -0.504 e. The molecule has 10 N–H and O–H groups in total. The molecule has 1 aromatic heterocycles. The fourth-order valence-electron chi connectivity index (χ4n) is 7.46. The van der Waals surface area contributed by atoms with Gasteiger partial charge >= 0.3 is 0 Å². The summed E-state index contributed by atoms with van der Waals surface area (Å²) in [6.07, 6.45) is 11.8. The number of rotatable bonds is 13. The second-order valence-corrected chi connectivity index (χ2v) is 13.7. The van der Waals surface area contributed by atoms with E-state index in [0.717, 1.165) is 36.1 Å². The summed E-state index contributed by atoms with van der Waals surface area (Å²) in [6, 6.07) is 9.05. The van der Waals surface area contributed by atoms with Crippen LogP contribution in [0.2, 0.25) is 0 Å². The van der Waals surface area contributed by atoms with Crippen molar-refractivity contribution in [1.29, 1.82) is 0 Å². The van der Waals surface area contributed by atoms with E-state index in [2.05, 4.69) is 28.2 Å². The lowest BCUT2D eigenvalue weighted by Gasteiger charge is -2.31. The number of nitrogens with one attached hydrogen (secondary N) is 2. The number of nitrogens with two attached hydrogens (primary N) is 1. The van der Waals surface area contributed by atoms with Gasteiger partial charge in [-0.2, -0.15) is 0 Å². The van der Waals surface area contributed by atoms with E-state index in [-0.39, 0.29) is 54.8 Å². The molecule has 0 fully saturated rings. The molecule has 0 amide bonds. The quantitative estimate of drug-likeness (QED) is 0.114. The molecule has 0 bridgehead atoms. The van der Waals surface area contributed by atoms with Gasteiger partial charge in [-0.25, -0.2) is 0 Å². The summed E-state index contributed by atoms with van der Waals surface area (Å²) in [5, 5.41) is 67.2. The molecule has 9 atom stereocenters. The summed E-state index contributed by atoms with van der Waals surface area (Å²) in [4.78, 5) is 3.26. The zero-order valence-electron chi connectivity index (χ0n) is 28.1. The number of H-pyrrole nitrogens is 1. The van der Waals surface area contributed by atoms with Crippen LogP contribution in [0.15, 0.2) is 72.2 Å². The highest BCUT2D eigenvalue weighted by Crippen LogP contribution is 2.40. The molecule has 10 nitrogen and oxygen atoms in total. The number of ether oxygens (including phenoxy) is 1. The lowest BCUT2D eigenvalue weighted by molar-refractivity contribution is -0.00711. The number of aromatic hydroxyl groups is 1. The van der Waals surface area contributed by atoms with Crippen LogP contribution in [0, 0.1) is 35.5 Å². The van der Waals surface area contributed by atoms with Gasteiger partial charge in [-0.05, 0) is 85.9 Å². The molecular formula is C39H53N3O7. The predicted molar refractivity (Wildman–Crippen MR) is 188 cm³/mol. The fraction of sp³-hybridized carbons (Fsp3) is 0.538. The van der Waals surface area contributed by atoms with Crippen LogP contribution in [0.4, 0.5) is 0 Å². The first kappa shape index (κ1) is 36.6. The maximum absolute atomic E-state index is 11.5. The lowest BCUT2D eigenvalue weighted by atomic mass is 9.79. The van der Waals surface area contributed by atoms with E-state index in [1.807, 2.05) is 36.6 Å². The molecule has 2 aliphatic carbocycles. The maximum Gasteiger partial charge on any atom is 0.161 e.